The quantitative estimate of drug-likeness (QED) is 0.849. The predicted molar refractivity (Wildman–Crippen MR) is 77.9 cm³/mol. The molecule has 0 aliphatic carbocycles. The molecule has 0 aromatic carbocycles. The number of aromatic nitrogens is 4. The lowest BCUT2D eigenvalue weighted by Gasteiger charge is -2.45. The van der Waals surface area contributed by atoms with E-state index >= 15 is 0 Å². The van der Waals surface area contributed by atoms with Gasteiger partial charge in [-0.15, -0.1) is 0 Å². The number of aryl methyl sites for hydroxylation is 2. The molecule has 0 spiro atoms. The van der Waals surface area contributed by atoms with Crippen molar-refractivity contribution >= 4 is 11.6 Å². The first kappa shape index (κ1) is 13.7. The van der Waals surface area contributed by atoms with Gasteiger partial charge in [-0.25, -0.2) is 24.3 Å². The van der Waals surface area contributed by atoms with Gasteiger partial charge in [0.2, 0.25) is 0 Å². The zero-order valence-corrected chi connectivity index (χ0v) is 12.3. The van der Waals surface area contributed by atoms with Gasteiger partial charge in [0.1, 0.15) is 18.5 Å². The van der Waals surface area contributed by atoms with Crippen molar-refractivity contribution in [3.05, 3.63) is 35.9 Å². The van der Waals surface area contributed by atoms with E-state index in [2.05, 4.69) is 24.8 Å². The average Bonchev–Trinajstić information content (AvgIpc) is 2.42. The van der Waals surface area contributed by atoms with Crippen molar-refractivity contribution in [3.8, 4) is 0 Å². The Kier molecular flexibility index (Phi) is 3.40. The first-order chi connectivity index (χ1) is 10.1. The highest BCUT2D eigenvalue weighted by molar-refractivity contribution is 5.51. The van der Waals surface area contributed by atoms with Crippen LogP contribution in [0.1, 0.15) is 11.3 Å². The lowest BCUT2D eigenvalue weighted by atomic mass is 10.1. The molecule has 0 radical (unpaired) electrons. The molecule has 110 valence electrons. The van der Waals surface area contributed by atoms with Gasteiger partial charge in [-0.1, -0.05) is 0 Å². The number of nitrogens with zero attached hydrogens (tertiary/aromatic N) is 6. The van der Waals surface area contributed by atoms with E-state index < -0.39 is 0 Å². The van der Waals surface area contributed by atoms with Gasteiger partial charge in [0.05, 0.1) is 11.7 Å². The molecule has 2 aromatic rings. The fourth-order valence-electron chi connectivity index (χ4n) is 2.46. The van der Waals surface area contributed by atoms with E-state index in [4.69, 9.17) is 0 Å². The van der Waals surface area contributed by atoms with Crippen LogP contribution in [0.5, 0.6) is 0 Å². The summed E-state index contributed by atoms with van der Waals surface area (Å²) in [5.74, 6) is 0.942. The molecule has 0 bridgehead atoms. The fourth-order valence-corrected chi connectivity index (χ4v) is 2.46. The second kappa shape index (κ2) is 5.23. The third-order valence-electron chi connectivity index (χ3n) is 3.86. The van der Waals surface area contributed by atoms with Crippen molar-refractivity contribution < 1.29 is 4.39 Å². The molecular formula is C14H17FN6. The van der Waals surface area contributed by atoms with Gasteiger partial charge < -0.3 is 9.80 Å². The maximum Gasteiger partial charge on any atom is 0.186 e. The molecule has 0 N–H and O–H groups in total. The smallest absolute Gasteiger partial charge is 0.186 e. The fraction of sp³-hybridized carbons (Fsp3) is 0.429. The van der Waals surface area contributed by atoms with Crippen LogP contribution >= 0.6 is 0 Å². The highest BCUT2D eigenvalue weighted by Crippen LogP contribution is 2.27. The third-order valence-corrected chi connectivity index (χ3v) is 3.86. The molecule has 1 fully saturated rings. The van der Waals surface area contributed by atoms with Crippen LogP contribution in [0.4, 0.5) is 16.0 Å². The molecule has 0 atom stereocenters. The molecule has 0 amide bonds. The molecule has 0 unspecified atom stereocenters. The van der Waals surface area contributed by atoms with E-state index in [-0.39, 0.29) is 11.9 Å². The van der Waals surface area contributed by atoms with Crippen LogP contribution in [0.3, 0.4) is 0 Å². The topological polar surface area (TPSA) is 58.0 Å². The van der Waals surface area contributed by atoms with Crippen molar-refractivity contribution in [2.24, 2.45) is 0 Å². The Morgan fingerprint density at radius 1 is 1.19 bits per heavy atom. The molecule has 1 saturated heterocycles. The second-order valence-corrected chi connectivity index (χ2v) is 5.30. The largest absolute Gasteiger partial charge is 0.352 e. The molecular weight excluding hydrogens is 271 g/mol. The molecule has 1 aliphatic rings. The van der Waals surface area contributed by atoms with E-state index in [0.717, 1.165) is 24.5 Å². The summed E-state index contributed by atoms with van der Waals surface area (Å²) < 4.78 is 14.1. The Labute approximate surface area is 122 Å². The van der Waals surface area contributed by atoms with E-state index in [1.165, 1.54) is 6.33 Å². The predicted octanol–water partition coefficient (Wildman–Crippen LogP) is 1.35. The monoisotopic (exact) mass is 288 g/mol. The van der Waals surface area contributed by atoms with Crippen LogP contribution in [0.15, 0.2) is 18.9 Å². The SMILES string of the molecule is Cc1cncnc1N1CC(N(C)c2ncnc(C)c2F)C1. The zero-order chi connectivity index (χ0) is 15.0. The van der Waals surface area contributed by atoms with E-state index in [1.807, 2.05) is 18.9 Å². The third kappa shape index (κ3) is 2.39. The van der Waals surface area contributed by atoms with Crippen molar-refractivity contribution in [2.75, 3.05) is 29.9 Å². The van der Waals surface area contributed by atoms with Gasteiger partial charge in [-0.05, 0) is 13.8 Å². The number of hydrogen-bond acceptors (Lipinski definition) is 6. The molecule has 7 heteroatoms. The Morgan fingerprint density at radius 2 is 1.95 bits per heavy atom. The highest BCUT2D eigenvalue weighted by atomic mass is 19.1. The number of hydrogen-bond donors (Lipinski definition) is 0. The standard InChI is InChI=1S/C14H17FN6/c1-9-4-16-7-18-13(9)21-5-11(6-21)20(3)14-12(15)10(2)17-8-19-14/h4,7-8,11H,5-6H2,1-3H3. The molecule has 1 aliphatic heterocycles. The van der Waals surface area contributed by atoms with Crippen LogP contribution in [0.25, 0.3) is 0 Å². The molecule has 6 nitrogen and oxygen atoms in total. The van der Waals surface area contributed by atoms with Gasteiger partial charge in [0.25, 0.3) is 0 Å². The van der Waals surface area contributed by atoms with Crippen molar-refractivity contribution in [3.63, 3.8) is 0 Å². The first-order valence-electron chi connectivity index (χ1n) is 6.79. The zero-order valence-electron chi connectivity index (χ0n) is 12.3. The van der Waals surface area contributed by atoms with Crippen LogP contribution in [-0.4, -0.2) is 46.1 Å². The van der Waals surface area contributed by atoms with E-state index in [9.17, 15) is 4.39 Å². The Morgan fingerprint density at radius 3 is 2.67 bits per heavy atom. The van der Waals surface area contributed by atoms with Gasteiger partial charge in [0, 0.05) is 31.9 Å². The van der Waals surface area contributed by atoms with Crippen LogP contribution < -0.4 is 9.80 Å². The summed E-state index contributed by atoms with van der Waals surface area (Å²) >= 11 is 0. The molecule has 3 heterocycles. The van der Waals surface area contributed by atoms with Gasteiger partial charge >= 0.3 is 0 Å². The van der Waals surface area contributed by atoms with Gasteiger partial charge in [0.15, 0.2) is 11.6 Å². The number of likely N-dealkylation sites (N-methyl/N-ethyl adjacent to an activating group) is 1. The van der Waals surface area contributed by atoms with Crippen LogP contribution in [0.2, 0.25) is 0 Å². The summed E-state index contributed by atoms with van der Waals surface area (Å²) in [4.78, 5) is 20.2. The maximum absolute atomic E-state index is 14.1. The maximum atomic E-state index is 14.1. The van der Waals surface area contributed by atoms with Crippen molar-refractivity contribution in [2.45, 2.75) is 19.9 Å². The minimum absolute atomic E-state index is 0.211. The summed E-state index contributed by atoms with van der Waals surface area (Å²) in [6.07, 6.45) is 4.74. The van der Waals surface area contributed by atoms with E-state index in [1.54, 1.807) is 19.4 Å². The highest BCUT2D eigenvalue weighted by Gasteiger charge is 2.33. The second-order valence-electron chi connectivity index (χ2n) is 5.30. The summed E-state index contributed by atoms with van der Waals surface area (Å²) in [7, 11) is 1.86. The summed E-state index contributed by atoms with van der Waals surface area (Å²) in [6.45, 7) is 5.21. The summed E-state index contributed by atoms with van der Waals surface area (Å²) in [5, 5.41) is 0. The normalized spacial score (nSPS) is 15.0. The lowest BCUT2D eigenvalue weighted by Crippen LogP contribution is -2.59. The van der Waals surface area contributed by atoms with Gasteiger partial charge in [-0.2, -0.15) is 0 Å². The first-order valence-corrected chi connectivity index (χ1v) is 6.79. The summed E-state index contributed by atoms with van der Waals surface area (Å²) in [5.41, 5.74) is 1.41. The Hall–Kier alpha value is -2.31. The Balaban J connectivity index is 1.71. The van der Waals surface area contributed by atoms with Crippen LogP contribution in [-0.2, 0) is 0 Å². The number of anilines is 2. The number of rotatable bonds is 3. The average molecular weight is 288 g/mol. The lowest BCUT2D eigenvalue weighted by molar-refractivity contribution is 0.478. The minimum Gasteiger partial charge on any atom is -0.352 e. The number of halogens is 1. The summed E-state index contributed by atoms with van der Waals surface area (Å²) in [6, 6.07) is 0.211. The van der Waals surface area contributed by atoms with Crippen molar-refractivity contribution in [1.29, 1.82) is 0 Å². The molecule has 2 aromatic heterocycles. The van der Waals surface area contributed by atoms with Gasteiger partial charge in [-0.3, -0.25) is 0 Å². The van der Waals surface area contributed by atoms with E-state index in [0.29, 0.717) is 11.5 Å². The molecule has 3 rings (SSSR count). The Bertz CT molecular complexity index is 656. The van der Waals surface area contributed by atoms with Crippen molar-refractivity contribution in [1.82, 2.24) is 19.9 Å². The molecule has 21 heavy (non-hydrogen) atoms. The molecule has 0 saturated carbocycles. The van der Waals surface area contributed by atoms with Crippen LogP contribution in [0, 0.1) is 19.7 Å². The minimum atomic E-state index is -0.350.